The van der Waals surface area contributed by atoms with Gasteiger partial charge in [-0.05, 0) is 31.2 Å². The van der Waals surface area contributed by atoms with E-state index in [1.54, 1.807) is 12.2 Å². The smallest absolute Gasteiger partial charge is 0.329 e. The van der Waals surface area contributed by atoms with Gasteiger partial charge in [0.25, 0.3) is 0 Å². The first-order chi connectivity index (χ1) is 10.0. The van der Waals surface area contributed by atoms with E-state index in [-0.39, 0.29) is 11.9 Å². The Morgan fingerprint density at radius 1 is 1.38 bits per heavy atom. The van der Waals surface area contributed by atoms with Gasteiger partial charge >= 0.3 is 5.97 Å². The van der Waals surface area contributed by atoms with Crippen LogP contribution in [0.1, 0.15) is 13.8 Å². The highest BCUT2D eigenvalue weighted by atomic mass is 79.9. The molecule has 0 fully saturated rings. The third-order valence-electron chi connectivity index (χ3n) is 3.22. The quantitative estimate of drug-likeness (QED) is 0.519. The van der Waals surface area contributed by atoms with Crippen LogP contribution in [0.4, 0.5) is 5.69 Å². The molecule has 0 bridgehead atoms. The zero-order chi connectivity index (χ0) is 15.8. The van der Waals surface area contributed by atoms with E-state index in [0.29, 0.717) is 13.2 Å². The molecule has 0 radical (unpaired) electrons. The van der Waals surface area contributed by atoms with Crippen molar-refractivity contribution in [2.45, 2.75) is 19.9 Å². The molecule has 0 spiro atoms. The van der Waals surface area contributed by atoms with Gasteiger partial charge in [-0.3, -0.25) is 0 Å². The van der Waals surface area contributed by atoms with Crippen LogP contribution in [0.3, 0.4) is 0 Å². The van der Waals surface area contributed by atoms with Crippen LogP contribution in [0.2, 0.25) is 0 Å². The highest BCUT2D eigenvalue weighted by Crippen LogP contribution is 2.24. The summed E-state index contributed by atoms with van der Waals surface area (Å²) in [6.45, 7) is 12.3. The first-order valence-electron chi connectivity index (χ1n) is 6.97. The summed E-state index contributed by atoms with van der Waals surface area (Å²) in [6, 6.07) is 7.42. The van der Waals surface area contributed by atoms with E-state index < -0.39 is 6.04 Å². The van der Waals surface area contributed by atoms with Crippen molar-refractivity contribution in [2.24, 2.45) is 5.92 Å². The molecule has 0 amide bonds. The van der Waals surface area contributed by atoms with Crippen LogP contribution in [0, 0.1) is 5.92 Å². The normalized spacial score (nSPS) is 13.1. The molecule has 0 aliphatic rings. The molecule has 0 saturated carbocycles. The van der Waals surface area contributed by atoms with Crippen LogP contribution in [0.25, 0.3) is 0 Å². The standard InChI is InChI=1S/C17H22BrNO2/c1-5-12-19(15-10-8-14(18)9-11-15)16(13(4)6-2)17(20)21-7-3/h5-6,8-11,13,16H,1-2,7,12H2,3-4H3/t13-,16+/m0/s1. The van der Waals surface area contributed by atoms with Crippen LogP contribution >= 0.6 is 15.9 Å². The Kier molecular flexibility index (Phi) is 7.23. The molecule has 114 valence electrons. The van der Waals surface area contributed by atoms with Crippen LogP contribution < -0.4 is 4.90 Å². The zero-order valence-corrected chi connectivity index (χ0v) is 14.2. The fourth-order valence-corrected chi connectivity index (χ4v) is 2.40. The fraction of sp³-hybridized carbons (Fsp3) is 0.353. The van der Waals surface area contributed by atoms with Gasteiger partial charge in [-0.1, -0.05) is 35.0 Å². The van der Waals surface area contributed by atoms with Crippen molar-refractivity contribution in [1.82, 2.24) is 0 Å². The lowest BCUT2D eigenvalue weighted by Crippen LogP contribution is -2.46. The van der Waals surface area contributed by atoms with Crippen molar-refractivity contribution in [3.05, 3.63) is 54.0 Å². The molecule has 0 heterocycles. The minimum Gasteiger partial charge on any atom is -0.464 e. The summed E-state index contributed by atoms with van der Waals surface area (Å²) >= 11 is 3.42. The third kappa shape index (κ3) is 4.74. The first-order valence-corrected chi connectivity index (χ1v) is 7.76. The highest BCUT2D eigenvalue weighted by Gasteiger charge is 2.30. The minimum absolute atomic E-state index is 0.0346. The fourth-order valence-electron chi connectivity index (χ4n) is 2.13. The summed E-state index contributed by atoms with van der Waals surface area (Å²) < 4.78 is 6.22. The molecule has 0 N–H and O–H groups in total. The van der Waals surface area contributed by atoms with Gasteiger partial charge < -0.3 is 9.64 Å². The molecule has 1 aromatic rings. The van der Waals surface area contributed by atoms with E-state index in [9.17, 15) is 4.79 Å². The van der Waals surface area contributed by atoms with Gasteiger partial charge in [-0.2, -0.15) is 0 Å². The maximum absolute atomic E-state index is 12.3. The summed E-state index contributed by atoms with van der Waals surface area (Å²) in [4.78, 5) is 14.3. The SMILES string of the molecule is C=CCN(c1ccc(Br)cc1)[C@@H](C(=O)OCC)[C@@H](C)C=C. The van der Waals surface area contributed by atoms with E-state index in [1.165, 1.54) is 0 Å². The maximum atomic E-state index is 12.3. The van der Waals surface area contributed by atoms with Gasteiger partial charge in [-0.25, -0.2) is 4.79 Å². The van der Waals surface area contributed by atoms with Gasteiger partial charge in [0.05, 0.1) is 6.61 Å². The summed E-state index contributed by atoms with van der Waals surface area (Å²) in [5, 5.41) is 0. The van der Waals surface area contributed by atoms with E-state index in [0.717, 1.165) is 10.2 Å². The van der Waals surface area contributed by atoms with E-state index in [2.05, 4.69) is 29.1 Å². The lowest BCUT2D eigenvalue weighted by molar-refractivity contribution is -0.145. The predicted octanol–water partition coefficient (Wildman–Crippen LogP) is 4.20. The van der Waals surface area contributed by atoms with Crippen LogP contribution in [0.5, 0.6) is 0 Å². The minimum atomic E-state index is -0.415. The lowest BCUT2D eigenvalue weighted by Gasteiger charge is -2.34. The molecule has 0 saturated heterocycles. The summed E-state index contributed by atoms with van der Waals surface area (Å²) in [5.74, 6) is -0.276. The van der Waals surface area contributed by atoms with Gasteiger partial charge in [-0.15, -0.1) is 13.2 Å². The molecular formula is C17H22BrNO2. The number of hydrogen-bond donors (Lipinski definition) is 0. The van der Waals surface area contributed by atoms with Crippen molar-refractivity contribution in [3.8, 4) is 0 Å². The number of benzene rings is 1. The number of nitrogens with zero attached hydrogens (tertiary/aromatic N) is 1. The Hall–Kier alpha value is -1.55. The second-order valence-electron chi connectivity index (χ2n) is 4.71. The number of anilines is 1. The Balaban J connectivity index is 3.17. The topological polar surface area (TPSA) is 29.5 Å². The van der Waals surface area contributed by atoms with Crippen LogP contribution in [0.15, 0.2) is 54.0 Å². The molecule has 0 aliphatic carbocycles. The molecule has 1 aromatic carbocycles. The van der Waals surface area contributed by atoms with Crippen molar-refractivity contribution in [2.75, 3.05) is 18.1 Å². The van der Waals surface area contributed by atoms with Gasteiger partial charge in [0, 0.05) is 22.6 Å². The molecule has 0 aromatic heterocycles. The van der Waals surface area contributed by atoms with Gasteiger partial charge in [0.15, 0.2) is 0 Å². The number of carbonyl (C=O) groups excluding carboxylic acids is 1. The number of ether oxygens (including phenoxy) is 1. The Morgan fingerprint density at radius 3 is 2.48 bits per heavy atom. The van der Waals surface area contributed by atoms with Gasteiger partial charge in [0.1, 0.15) is 6.04 Å². The molecule has 3 nitrogen and oxygen atoms in total. The number of esters is 1. The number of rotatable bonds is 8. The van der Waals surface area contributed by atoms with Crippen molar-refractivity contribution < 1.29 is 9.53 Å². The molecular weight excluding hydrogens is 330 g/mol. The number of halogens is 1. The summed E-state index contributed by atoms with van der Waals surface area (Å²) in [7, 11) is 0. The molecule has 4 heteroatoms. The highest BCUT2D eigenvalue weighted by molar-refractivity contribution is 9.10. The van der Waals surface area contributed by atoms with Gasteiger partial charge in [0.2, 0.25) is 0 Å². The summed E-state index contributed by atoms with van der Waals surface area (Å²) in [6.07, 6.45) is 3.56. The molecule has 0 aliphatic heterocycles. The zero-order valence-electron chi connectivity index (χ0n) is 12.6. The molecule has 2 atom stereocenters. The second-order valence-corrected chi connectivity index (χ2v) is 5.62. The molecule has 21 heavy (non-hydrogen) atoms. The Labute approximate surface area is 135 Å². The van der Waals surface area contributed by atoms with E-state index >= 15 is 0 Å². The maximum Gasteiger partial charge on any atom is 0.329 e. The van der Waals surface area contributed by atoms with Crippen LogP contribution in [-0.4, -0.2) is 25.2 Å². The lowest BCUT2D eigenvalue weighted by atomic mass is 9.99. The Morgan fingerprint density at radius 2 is 2.00 bits per heavy atom. The average Bonchev–Trinajstić information content (AvgIpc) is 2.47. The monoisotopic (exact) mass is 351 g/mol. The van der Waals surface area contributed by atoms with Crippen molar-refractivity contribution >= 4 is 27.6 Å². The van der Waals surface area contributed by atoms with Crippen LogP contribution in [-0.2, 0) is 9.53 Å². The number of hydrogen-bond acceptors (Lipinski definition) is 3. The van der Waals surface area contributed by atoms with Crippen molar-refractivity contribution in [1.29, 1.82) is 0 Å². The first kappa shape index (κ1) is 17.5. The molecule has 0 unspecified atom stereocenters. The predicted molar refractivity (Wildman–Crippen MR) is 91.5 cm³/mol. The largest absolute Gasteiger partial charge is 0.464 e. The second kappa shape index (κ2) is 8.67. The molecule has 1 rings (SSSR count). The number of carbonyl (C=O) groups is 1. The average molecular weight is 352 g/mol. The van der Waals surface area contributed by atoms with Crippen molar-refractivity contribution in [3.63, 3.8) is 0 Å². The third-order valence-corrected chi connectivity index (χ3v) is 3.75. The van der Waals surface area contributed by atoms with E-state index in [4.69, 9.17) is 4.74 Å². The summed E-state index contributed by atoms with van der Waals surface area (Å²) in [5.41, 5.74) is 0.949. The Bertz CT molecular complexity index is 484. The van der Waals surface area contributed by atoms with E-state index in [1.807, 2.05) is 43.0 Å².